The molecule has 90 valence electrons. The van der Waals surface area contributed by atoms with Gasteiger partial charge in [-0.25, -0.2) is 0 Å². The van der Waals surface area contributed by atoms with Gasteiger partial charge in [-0.2, -0.15) is 0 Å². The highest BCUT2D eigenvalue weighted by molar-refractivity contribution is 5.32. The first-order valence-electron chi connectivity index (χ1n) is 5.59. The van der Waals surface area contributed by atoms with Gasteiger partial charge in [-0.1, -0.05) is 6.07 Å². The third kappa shape index (κ3) is 4.64. The van der Waals surface area contributed by atoms with Crippen LogP contribution in [0.4, 0.5) is 0 Å². The predicted octanol–water partition coefficient (Wildman–Crippen LogP) is 1.57. The number of likely N-dealkylation sites (N-methyl/N-ethyl adjacent to an activating group) is 1. The molecule has 1 atom stereocenters. The summed E-state index contributed by atoms with van der Waals surface area (Å²) in [6.07, 6.45) is 0. The van der Waals surface area contributed by atoms with Gasteiger partial charge in [0.2, 0.25) is 0 Å². The van der Waals surface area contributed by atoms with Crippen LogP contribution in [-0.2, 0) is 0 Å². The van der Waals surface area contributed by atoms with Crippen LogP contribution in [0, 0.1) is 13.8 Å². The van der Waals surface area contributed by atoms with Crippen molar-refractivity contribution in [1.29, 1.82) is 0 Å². The summed E-state index contributed by atoms with van der Waals surface area (Å²) in [6, 6.07) is 6.26. The molecule has 16 heavy (non-hydrogen) atoms. The molecule has 1 aromatic carbocycles. The molecule has 0 aliphatic rings. The average molecular weight is 222 g/mol. The van der Waals surface area contributed by atoms with Crippen LogP contribution in [0.2, 0.25) is 0 Å². The highest BCUT2D eigenvalue weighted by atomic mass is 16.5. The SMILES string of the molecule is Cc1cc(C)cc(OCC(N)CN(C)C)c1. The number of hydrogen-bond donors (Lipinski definition) is 1. The Kier molecular flexibility index (Phi) is 4.77. The molecular weight excluding hydrogens is 200 g/mol. The second-order valence-corrected chi connectivity index (χ2v) is 4.66. The van der Waals surface area contributed by atoms with Gasteiger partial charge in [-0.15, -0.1) is 0 Å². The van der Waals surface area contributed by atoms with Gasteiger partial charge in [-0.05, 0) is 51.2 Å². The summed E-state index contributed by atoms with van der Waals surface area (Å²) in [7, 11) is 4.02. The first kappa shape index (κ1) is 13.0. The van der Waals surface area contributed by atoms with E-state index in [1.165, 1.54) is 11.1 Å². The van der Waals surface area contributed by atoms with Crippen LogP contribution in [0.15, 0.2) is 18.2 Å². The van der Waals surface area contributed by atoms with Crippen molar-refractivity contribution < 1.29 is 4.74 Å². The van der Waals surface area contributed by atoms with Crippen LogP contribution >= 0.6 is 0 Å². The normalized spacial score (nSPS) is 12.9. The third-order valence-electron chi connectivity index (χ3n) is 2.26. The van der Waals surface area contributed by atoms with Gasteiger partial charge in [0.25, 0.3) is 0 Å². The molecule has 0 radical (unpaired) electrons. The van der Waals surface area contributed by atoms with E-state index in [1.54, 1.807) is 0 Å². The first-order valence-corrected chi connectivity index (χ1v) is 5.59. The van der Waals surface area contributed by atoms with Gasteiger partial charge < -0.3 is 15.4 Å². The quantitative estimate of drug-likeness (QED) is 0.822. The maximum atomic E-state index is 5.93. The van der Waals surface area contributed by atoms with Gasteiger partial charge in [0.05, 0.1) is 6.04 Å². The molecule has 1 rings (SSSR count). The molecule has 0 bridgehead atoms. The summed E-state index contributed by atoms with van der Waals surface area (Å²) in [5, 5.41) is 0. The smallest absolute Gasteiger partial charge is 0.119 e. The molecule has 0 aliphatic heterocycles. The van der Waals surface area contributed by atoms with E-state index >= 15 is 0 Å². The Morgan fingerprint density at radius 1 is 1.19 bits per heavy atom. The molecule has 3 heteroatoms. The summed E-state index contributed by atoms with van der Waals surface area (Å²) in [5.41, 5.74) is 8.37. The van der Waals surface area contributed by atoms with Crippen molar-refractivity contribution in [2.75, 3.05) is 27.2 Å². The van der Waals surface area contributed by atoms with Crippen molar-refractivity contribution in [3.05, 3.63) is 29.3 Å². The Labute approximate surface area is 98.2 Å². The lowest BCUT2D eigenvalue weighted by atomic mass is 10.1. The van der Waals surface area contributed by atoms with Crippen LogP contribution in [0.1, 0.15) is 11.1 Å². The van der Waals surface area contributed by atoms with E-state index in [0.717, 1.165) is 12.3 Å². The largest absolute Gasteiger partial charge is 0.492 e. The summed E-state index contributed by atoms with van der Waals surface area (Å²) in [6.45, 7) is 5.53. The molecule has 0 aliphatic carbocycles. The Morgan fingerprint density at radius 3 is 2.25 bits per heavy atom. The average Bonchev–Trinajstić information content (AvgIpc) is 2.12. The van der Waals surface area contributed by atoms with Gasteiger partial charge in [0.15, 0.2) is 0 Å². The van der Waals surface area contributed by atoms with Crippen molar-refractivity contribution >= 4 is 0 Å². The summed E-state index contributed by atoms with van der Waals surface area (Å²) < 4.78 is 5.68. The minimum atomic E-state index is 0.0517. The third-order valence-corrected chi connectivity index (χ3v) is 2.26. The van der Waals surface area contributed by atoms with Gasteiger partial charge in [0.1, 0.15) is 12.4 Å². The number of nitrogens with zero attached hydrogens (tertiary/aromatic N) is 1. The number of ether oxygens (including phenoxy) is 1. The fourth-order valence-corrected chi connectivity index (χ4v) is 1.74. The maximum Gasteiger partial charge on any atom is 0.119 e. The zero-order chi connectivity index (χ0) is 12.1. The van der Waals surface area contributed by atoms with E-state index in [1.807, 2.05) is 26.2 Å². The van der Waals surface area contributed by atoms with Crippen molar-refractivity contribution in [2.45, 2.75) is 19.9 Å². The van der Waals surface area contributed by atoms with Crippen molar-refractivity contribution in [3.63, 3.8) is 0 Å². The maximum absolute atomic E-state index is 5.93. The number of benzene rings is 1. The highest BCUT2D eigenvalue weighted by Crippen LogP contribution is 2.16. The summed E-state index contributed by atoms with van der Waals surface area (Å²) >= 11 is 0. The van der Waals surface area contributed by atoms with Crippen molar-refractivity contribution in [2.24, 2.45) is 5.73 Å². The van der Waals surface area contributed by atoms with Crippen LogP contribution in [0.3, 0.4) is 0 Å². The molecule has 0 saturated heterocycles. The lowest BCUT2D eigenvalue weighted by Crippen LogP contribution is -2.37. The monoisotopic (exact) mass is 222 g/mol. The van der Waals surface area contributed by atoms with E-state index in [4.69, 9.17) is 10.5 Å². The minimum absolute atomic E-state index is 0.0517. The van der Waals surface area contributed by atoms with Crippen LogP contribution in [0.5, 0.6) is 5.75 Å². The first-order chi connectivity index (χ1) is 7.47. The molecule has 0 saturated carbocycles. The summed E-state index contributed by atoms with van der Waals surface area (Å²) in [5.74, 6) is 0.909. The molecule has 0 fully saturated rings. The predicted molar refractivity (Wildman–Crippen MR) is 67.9 cm³/mol. The Balaban J connectivity index is 2.48. The zero-order valence-corrected chi connectivity index (χ0v) is 10.7. The second kappa shape index (κ2) is 5.87. The minimum Gasteiger partial charge on any atom is -0.492 e. The van der Waals surface area contributed by atoms with Crippen LogP contribution in [-0.4, -0.2) is 38.2 Å². The zero-order valence-electron chi connectivity index (χ0n) is 10.7. The van der Waals surface area contributed by atoms with E-state index < -0.39 is 0 Å². The molecule has 1 unspecified atom stereocenters. The van der Waals surface area contributed by atoms with Crippen LogP contribution < -0.4 is 10.5 Å². The Morgan fingerprint density at radius 2 is 1.75 bits per heavy atom. The topological polar surface area (TPSA) is 38.5 Å². The van der Waals surface area contributed by atoms with E-state index in [-0.39, 0.29) is 6.04 Å². The number of hydrogen-bond acceptors (Lipinski definition) is 3. The number of nitrogens with two attached hydrogens (primary N) is 1. The lowest BCUT2D eigenvalue weighted by molar-refractivity contribution is 0.254. The van der Waals surface area contributed by atoms with Crippen molar-refractivity contribution in [3.8, 4) is 5.75 Å². The fraction of sp³-hybridized carbons (Fsp3) is 0.538. The van der Waals surface area contributed by atoms with E-state index in [9.17, 15) is 0 Å². The summed E-state index contributed by atoms with van der Waals surface area (Å²) in [4.78, 5) is 2.06. The second-order valence-electron chi connectivity index (χ2n) is 4.66. The molecule has 0 heterocycles. The molecule has 0 spiro atoms. The molecule has 0 amide bonds. The van der Waals surface area contributed by atoms with E-state index in [2.05, 4.69) is 24.8 Å². The lowest BCUT2D eigenvalue weighted by Gasteiger charge is -2.17. The molecule has 1 aromatic rings. The van der Waals surface area contributed by atoms with Gasteiger partial charge >= 0.3 is 0 Å². The number of rotatable bonds is 5. The van der Waals surface area contributed by atoms with E-state index in [0.29, 0.717) is 6.61 Å². The van der Waals surface area contributed by atoms with Crippen LogP contribution in [0.25, 0.3) is 0 Å². The molecule has 2 N–H and O–H groups in total. The van der Waals surface area contributed by atoms with Gasteiger partial charge in [0, 0.05) is 6.54 Å². The fourth-order valence-electron chi connectivity index (χ4n) is 1.74. The van der Waals surface area contributed by atoms with Gasteiger partial charge in [-0.3, -0.25) is 0 Å². The molecule has 0 aromatic heterocycles. The highest BCUT2D eigenvalue weighted by Gasteiger charge is 2.05. The van der Waals surface area contributed by atoms with Crippen molar-refractivity contribution in [1.82, 2.24) is 4.90 Å². The molecule has 3 nitrogen and oxygen atoms in total. The number of aryl methyl sites for hydroxylation is 2. The standard InChI is InChI=1S/C13H22N2O/c1-10-5-11(2)7-13(6-10)16-9-12(14)8-15(3)4/h5-7,12H,8-9,14H2,1-4H3. The molecular formula is C13H22N2O. The Hall–Kier alpha value is -1.06. The Bertz CT molecular complexity index is 316.